The summed E-state index contributed by atoms with van der Waals surface area (Å²) in [5.74, 6) is 2.49. The topological polar surface area (TPSA) is 77.7 Å². The molecule has 0 unspecified atom stereocenters. The number of nitrogens with zero attached hydrogens (tertiary/aromatic N) is 3. The summed E-state index contributed by atoms with van der Waals surface area (Å²) in [5.41, 5.74) is 1.90. The smallest absolute Gasteiger partial charge is 0.231 e. The van der Waals surface area contributed by atoms with E-state index in [-0.39, 0.29) is 18.6 Å². The number of benzene rings is 2. The molecule has 1 saturated heterocycles. The first-order chi connectivity index (χ1) is 13.3. The summed E-state index contributed by atoms with van der Waals surface area (Å²) >= 11 is 0. The van der Waals surface area contributed by atoms with E-state index in [2.05, 4.69) is 10.2 Å². The quantitative estimate of drug-likeness (QED) is 0.709. The molecule has 136 valence electrons. The van der Waals surface area contributed by atoms with E-state index in [0.717, 1.165) is 22.7 Å². The second-order valence-corrected chi connectivity index (χ2v) is 6.64. The van der Waals surface area contributed by atoms with Crippen molar-refractivity contribution in [3.8, 4) is 11.5 Å². The molecule has 1 aromatic heterocycles. The van der Waals surface area contributed by atoms with Crippen LogP contribution in [0.25, 0.3) is 0 Å². The highest BCUT2D eigenvalue weighted by Crippen LogP contribution is 2.34. The van der Waals surface area contributed by atoms with Crippen LogP contribution in [0.15, 0.2) is 52.9 Å². The molecule has 7 nitrogen and oxygen atoms in total. The van der Waals surface area contributed by atoms with Gasteiger partial charge in [-0.1, -0.05) is 24.3 Å². The van der Waals surface area contributed by atoms with E-state index >= 15 is 0 Å². The van der Waals surface area contributed by atoms with Crippen LogP contribution in [-0.4, -0.2) is 29.4 Å². The van der Waals surface area contributed by atoms with Gasteiger partial charge in [-0.05, 0) is 29.8 Å². The van der Waals surface area contributed by atoms with Crippen molar-refractivity contribution in [3.63, 3.8) is 0 Å². The molecule has 2 aromatic carbocycles. The van der Waals surface area contributed by atoms with Gasteiger partial charge in [0, 0.05) is 18.7 Å². The van der Waals surface area contributed by atoms with Crippen LogP contribution in [0.2, 0.25) is 0 Å². The molecule has 0 bridgehead atoms. The molecular weight excluding hydrogens is 346 g/mol. The molecular formula is C20H17N3O4. The van der Waals surface area contributed by atoms with Gasteiger partial charge in [-0.2, -0.15) is 0 Å². The van der Waals surface area contributed by atoms with Crippen molar-refractivity contribution in [2.24, 2.45) is 0 Å². The highest BCUT2D eigenvalue weighted by atomic mass is 16.7. The summed E-state index contributed by atoms with van der Waals surface area (Å²) in [4.78, 5) is 14.1. The van der Waals surface area contributed by atoms with Gasteiger partial charge in [0.05, 0.1) is 12.3 Å². The maximum Gasteiger partial charge on any atom is 0.231 e. The number of fused-ring (bicyclic) bond motifs is 1. The number of hydrogen-bond donors (Lipinski definition) is 0. The predicted octanol–water partition coefficient (Wildman–Crippen LogP) is 2.91. The first-order valence-corrected chi connectivity index (χ1v) is 8.82. The summed E-state index contributed by atoms with van der Waals surface area (Å²) < 4.78 is 16.6. The van der Waals surface area contributed by atoms with Gasteiger partial charge in [0.1, 0.15) is 0 Å². The fraction of sp³-hybridized carbons (Fsp3) is 0.250. The van der Waals surface area contributed by atoms with Gasteiger partial charge >= 0.3 is 0 Å². The molecule has 7 heteroatoms. The SMILES string of the molecule is O=C1C[C@@H](c2nnc(Cc3ccc4c(c3)OCO4)o2)CN1c1ccccc1. The Hall–Kier alpha value is -3.35. The fourth-order valence-electron chi connectivity index (χ4n) is 3.46. The van der Waals surface area contributed by atoms with Crippen molar-refractivity contribution in [2.75, 3.05) is 18.2 Å². The summed E-state index contributed by atoms with van der Waals surface area (Å²) in [7, 11) is 0. The lowest BCUT2D eigenvalue weighted by atomic mass is 10.1. The van der Waals surface area contributed by atoms with Crippen molar-refractivity contribution in [3.05, 3.63) is 65.9 Å². The molecule has 0 N–H and O–H groups in total. The van der Waals surface area contributed by atoms with Gasteiger partial charge in [0.15, 0.2) is 11.5 Å². The Morgan fingerprint density at radius 1 is 1.04 bits per heavy atom. The lowest BCUT2D eigenvalue weighted by molar-refractivity contribution is -0.117. The Morgan fingerprint density at radius 2 is 1.89 bits per heavy atom. The molecule has 0 radical (unpaired) electrons. The lowest BCUT2D eigenvalue weighted by Gasteiger charge is -2.15. The van der Waals surface area contributed by atoms with E-state index in [1.807, 2.05) is 48.5 Å². The minimum atomic E-state index is -0.0873. The van der Waals surface area contributed by atoms with Crippen LogP contribution in [-0.2, 0) is 11.2 Å². The third-order valence-electron chi connectivity index (χ3n) is 4.82. The Labute approximate surface area is 155 Å². The molecule has 1 atom stereocenters. The van der Waals surface area contributed by atoms with Gasteiger partial charge in [-0.25, -0.2) is 0 Å². The van der Waals surface area contributed by atoms with Crippen LogP contribution in [0.3, 0.4) is 0 Å². The van der Waals surface area contributed by atoms with E-state index in [1.165, 1.54) is 0 Å². The molecule has 2 aliphatic rings. The van der Waals surface area contributed by atoms with Crippen LogP contribution >= 0.6 is 0 Å². The number of rotatable bonds is 4. The van der Waals surface area contributed by atoms with Crippen LogP contribution in [0.4, 0.5) is 5.69 Å². The number of carbonyl (C=O) groups excluding carboxylic acids is 1. The minimum Gasteiger partial charge on any atom is -0.454 e. The Balaban J connectivity index is 1.30. The van der Waals surface area contributed by atoms with Gasteiger partial charge in [-0.3, -0.25) is 4.79 Å². The van der Waals surface area contributed by atoms with Crippen molar-refractivity contribution in [1.82, 2.24) is 10.2 Å². The van der Waals surface area contributed by atoms with Gasteiger partial charge < -0.3 is 18.8 Å². The first-order valence-electron chi connectivity index (χ1n) is 8.82. The van der Waals surface area contributed by atoms with Gasteiger partial charge in [0.2, 0.25) is 24.5 Å². The molecule has 5 rings (SSSR count). The molecule has 1 amide bonds. The lowest BCUT2D eigenvalue weighted by Crippen LogP contribution is -2.24. The summed E-state index contributed by atoms with van der Waals surface area (Å²) in [6, 6.07) is 15.4. The number of hydrogen-bond acceptors (Lipinski definition) is 6. The first kappa shape index (κ1) is 15.9. The molecule has 0 saturated carbocycles. The normalized spacial score (nSPS) is 18.3. The van der Waals surface area contributed by atoms with E-state index in [0.29, 0.717) is 31.2 Å². The highest BCUT2D eigenvalue weighted by Gasteiger charge is 2.34. The Morgan fingerprint density at radius 3 is 2.78 bits per heavy atom. The van der Waals surface area contributed by atoms with E-state index in [1.54, 1.807) is 4.90 Å². The summed E-state index contributed by atoms with van der Waals surface area (Å²) in [6.07, 6.45) is 0.882. The average Bonchev–Trinajstić information content (AvgIpc) is 3.41. The molecule has 0 aliphatic carbocycles. The predicted molar refractivity (Wildman–Crippen MR) is 95.8 cm³/mol. The van der Waals surface area contributed by atoms with Crippen molar-refractivity contribution in [1.29, 1.82) is 0 Å². The minimum absolute atomic E-state index is 0.0710. The van der Waals surface area contributed by atoms with Crippen LogP contribution in [0, 0.1) is 0 Å². The zero-order valence-electron chi connectivity index (χ0n) is 14.5. The van der Waals surface area contributed by atoms with Gasteiger partial charge in [0.25, 0.3) is 0 Å². The van der Waals surface area contributed by atoms with E-state index in [9.17, 15) is 4.79 Å². The molecule has 27 heavy (non-hydrogen) atoms. The number of ether oxygens (including phenoxy) is 2. The largest absolute Gasteiger partial charge is 0.454 e. The van der Waals surface area contributed by atoms with E-state index < -0.39 is 0 Å². The van der Waals surface area contributed by atoms with Crippen LogP contribution in [0.5, 0.6) is 11.5 Å². The molecule has 0 spiro atoms. The number of amides is 1. The monoisotopic (exact) mass is 363 g/mol. The molecule has 3 heterocycles. The standard InChI is InChI=1S/C20H17N3O4/c24-19-10-14(11-23(19)15-4-2-1-3-5-15)20-22-21-18(27-20)9-13-6-7-16-17(8-13)26-12-25-16/h1-8,14H,9-12H2/t14-/m1/s1. The Kier molecular flexibility index (Phi) is 3.78. The molecule has 2 aliphatic heterocycles. The number of carbonyl (C=O) groups is 1. The van der Waals surface area contributed by atoms with Crippen LogP contribution < -0.4 is 14.4 Å². The Bertz CT molecular complexity index is 986. The maximum absolute atomic E-state index is 12.4. The van der Waals surface area contributed by atoms with Crippen molar-refractivity contribution in [2.45, 2.75) is 18.8 Å². The second kappa shape index (κ2) is 6.42. The highest BCUT2D eigenvalue weighted by molar-refractivity contribution is 5.96. The number of aromatic nitrogens is 2. The summed E-state index contributed by atoms with van der Waals surface area (Å²) in [6.45, 7) is 0.797. The molecule has 3 aromatic rings. The number of anilines is 1. The average molecular weight is 363 g/mol. The zero-order chi connectivity index (χ0) is 18.2. The van der Waals surface area contributed by atoms with Gasteiger partial charge in [-0.15, -0.1) is 10.2 Å². The van der Waals surface area contributed by atoms with Crippen LogP contribution in [0.1, 0.15) is 29.7 Å². The van der Waals surface area contributed by atoms with E-state index in [4.69, 9.17) is 13.9 Å². The summed E-state index contributed by atoms with van der Waals surface area (Å²) in [5, 5.41) is 8.33. The molecule has 1 fully saturated rings. The third kappa shape index (κ3) is 3.01. The fourth-order valence-corrected chi connectivity index (χ4v) is 3.46. The third-order valence-corrected chi connectivity index (χ3v) is 4.82. The maximum atomic E-state index is 12.4. The van der Waals surface area contributed by atoms with Crippen molar-refractivity contribution >= 4 is 11.6 Å². The zero-order valence-corrected chi connectivity index (χ0v) is 14.5. The number of para-hydroxylation sites is 1. The second-order valence-electron chi connectivity index (χ2n) is 6.64. The van der Waals surface area contributed by atoms with Crippen molar-refractivity contribution < 1.29 is 18.7 Å².